The first-order valence-electron chi connectivity index (χ1n) is 9.94. The molecule has 1 aliphatic rings. The second kappa shape index (κ2) is 9.16. The minimum Gasteiger partial charge on any atom is -0.462 e. The number of piperidine rings is 1. The number of ether oxygens (including phenoxy) is 1. The highest BCUT2D eigenvalue weighted by Gasteiger charge is 2.27. The maximum atomic E-state index is 12.7. The predicted molar refractivity (Wildman–Crippen MR) is 113 cm³/mol. The Balaban J connectivity index is 1.32. The van der Waals surface area contributed by atoms with E-state index in [1.165, 1.54) is 6.33 Å². The Hall–Kier alpha value is -3.41. The lowest BCUT2D eigenvalue weighted by Crippen LogP contribution is -2.38. The van der Waals surface area contributed by atoms with Crippen molar-refractivity contribution in [2.24, 2.45) is 5.92 Å². The van der Waals surface area contributed by atoms with Gasteiger partial charge in [0.2, 0.25) is 5.91 Å². The molecule has 4 rings (SSSR count). The van der Waals surface area contributed by atoms with E-state index in [1.54, 1.807) is 24.9 Å². The number of anilines is 2. The molecule has 162 valence electrons. The molecule has 4 heterocycles. The lowest BCUT2D eigenvalue weighted by atomic mass is 9.96. The van der Waals surface area contributed by atoms with E-state index in [1.807, 2.05) is 12.1 Å². The average molecular weight is 443 g/mol. The standard InChI is InChI=1S/C19H22N8O3S/c1-3-30-18(29)16-12(2)22-19(31-16)23-17(28)13-6-8-26(9-7-13)14-4-5-15(25-24-14)27-11-20-10-21-27/h4-5,10-11,13H,3,6-9H2,1-2H3,(H,22,23,28). The van der Waals surface area contributed by atoms with Crippen molar-refractivity contribution in [1.29, 1.82) is 0 Å². The van der Waals surface area contributed by atoms with Crippen LogP contribution in [-0.2, 0) is 9.53 Å². The van der Waals surface area contributed by atoms with Crippen molar-refractivity contribution in [3.05, 3.63) is 35.4 Å². The molecule has 0 atom stereocenters. The van der Waals surface area contributed by atoms with Crippen LogP contribution in [0.2, 0.25) is 0 Å². The Morgan fingerprint density at radius 1 is 1.23 bits per heavy atom. The van der Waals surface area contributed by atoms with Gasteiger partial charge in [0, 0.05) is 19.0 Å². The van der Waals surface area contributed by atoms with Crippen molar-refractivity contribution in [1.82, 2.24) is 29.9 Å². The number of rotatable bonds is 6. The quantitative estimate of drug-likeness (QED) is 0.569. The third-order valence-corrected chi connectivity index (χ3v) is 6.02. The summed E-state index contributed by atoms with van der Waals surface area (Å²) in [5, 5.41) is 15.8. The summed E-state index contributed by atoms with van der Waals surface area (Å²) < 4.78 is 6.56. The third-order valence-electron chi connectivity index (χ3n) is 4.97. The van der Waals surface area contributed by atoms with E-state index in [0.29, 0.717) is 54.1 Å². The van der Waals surface area contributed by atoms with Crippen molar-refractivity contribution in [3.8, 4) is 5.82 Å². The summed E-state index contributed by atoms with van der Waals surface area (Å²) >= 11 is 1.14. The Labute approximate surface area is 182 Å². The molecule has 1 saturated heterocycles. The molecule has 0 aromatic carbocycles. The van der Waals surface area contributed by atoms with Gasteiger partial charge in [-0.3, -0.25) is 4.79 Å². The van der Waals surface area contributed by atoms with E-state index in [-0.39, 0.29) is 11.8 Å². The first-order chi connectivity index (χ1) is 15.0. The van der Waals surface area contributed by atoms with Crippen molar-refractivity contribution in [2.45, 2.75) is 26.7 Å². The first-order valence-corrected chi connectivity index (χ1v) is 10.8. The van der Waals surface area contributed by atoms with Gasteiger partial charge in [0.1, 0.15) is 17.5 Å². The number of aromatic nitrogens is 6. The SMILES string of the molecule is CCOC(=O)c1sc(NC(=O)C2CCN(c3ccc(-n4cncn4)nn3)CC2)nc1C. The summed E-state index contributed by atoms with van der Waals surface area (Å²) in [5.74, 6) is 0.723. The van der Waals surface area contributed by atoms with Crippen LogP contribution in [0.4, 0.5) is 10.9 Å². The molecule has 11 nitrogen and oxygen atoms in total. The number of esters is 1. The summed E-state index contributed by atoms with van der Waals surface area (Å²) in [6.07, 6.45) is 4.38. The number of thiazole rings is 1. The minimum atomic E-state index is -0.415. The molecule has 12 heteroatoms. The number of hydrogen-bond acceptors (Lipinski definition) is 10. The highest BCUT2D eigenvalue weighted by Crippen LogP contribution is 2.26. The molecule has 1 fully saturated rings. The normalized spacial score (nSPS) is 14.5. The van der Waals surface area contributed by atoms with Crippen LogP contribution < -0.4 is 10.2 Å². The molecule has 1 N–H and O–H groups in total. The number of carbonyl (C=O) groups is 2. The van der Waals surface area contributed by atoms with Gasteiger partial charge in [-0.05, 0) is 38.8 Å². The number of carbonyl (C=O) groups excluding carboxylic acids is 2. The average Bonchev–Trinajstić information content (AvgIpc) is 3.44. The van der Waals surface area contributed by atoms with E-state index in [0.717, 1.165) is 17.2 Å². The van der Waals surface area contributed by atoms with Crippen LogP contribution in [0.15, 0.2) is 24.8 Å². The monoisotopic (exact) mass is 442 g/mol. The van der Waals surface area contributed by atoms with Crippen molar-refractivity contribution in [2.75, 3.05) is 29.9 Å². The van der Waals surface area contributed by atoms with Crippen LogP contribution in [0.5, 0.6) is 0 Å². The van der Waals surface area contributed by atoms with Gasteiger partial charge in [0.25, 0.3) is 0 Å². The Kier molecular flexibility index (Phi) is 6.16. The second-order valence-corrected chi connectivity index (χ2v) is 7.99. The molecule has 0 saturated carbocycles. The molecule has 1 amide bonds. The Morgan fingerprint density at radius 3 is 2.61 bits per heavy atom. The molecule has 0 unspecified atom stereocenters. The molecule has 0 aliphatic carbocycles. The fourth-order valence-corrected chi connectivity index (χ4v) is 4.21. The maximum absolute atomic E-state index is 12.7. The molecular weight excluding hydrogens is 420 g/mol. The van der Waals surface area contributed by atoms with Gasteiger partial charge >= 0.3 is 5.97 Å². The first kappa shape index (κ1) is 20.8. The number of hydrogen-bond donors (Lipinski definition) is 1. The highest BCUT2D eigenvalue weighted by atomic mass is 32.1. The minimum absolute atomic E-state index is 0.0866. The summed E-state index contributed by atoms with van der Waals surface area (Å²) in [4.78, 5) is 35.3. The van der Waals surface area contributed by atoms with E-state index in [4.69, 9.17) is 4.74 Å². The topological polar surface area (TPSA) is 128 Å². The zero-order valence-electron chi connectivity index (χ0n) is 17.2. The van der Waals surface area contributed by atoms with Crippen molar-refractivity contribution in [3.63, 3.8) is 0 Å². The number of nitrogens with one attached hydrogen (secondary N) is 1. The lowest BCUT2D eigenvalue weighted by molar-refractivity contribution is -0.120. The van der Waals surface area contributed by atoms with Gasteiger partial charge in [0.15, 0.2) is 16.8 Å². The van der Waals surface area contributed by atoms with Crippen molar-refractivity contribution < 1.29 is 14.3 Å². The largest absolute Gasteiger partial charge is 0.462 e. The van der Waals surface area contributed by atoms with E-state index < -0.39 is 5.97 Å². The zero-order chi connectivity index (χ0) is 21.8. The zero-order valence-corrected chi connectivity index (χ0v) is 18.0. The Morgan fingerprint density at radius 2 is 1.97 bits per heavy atom. The number of amides is 1. The van der Waals surface area contributed by atoms with E-state index >= 15 is 0 Å². The van der Waals surface area contributed by atoms with Gasteiger partial charge < -0.3 is 15.0 Å². The number of nitrogens with zero attached hydrogens (tertiary/aromatic N) is 7. The van der Waals surface area contributed by atoms with Crippen LogP contribution in [0, 0.1) is 12.8 Å². The number of aryl methyl sites for hydroxylation is 1. The third kappa shape index (κ3) is 4.68. The highest BCUT2D eigenvalue weighted by molar-refractivity contribution is 7.17. The fraction of sp³-hybridized carbons (Fsp3) is 0.421. The fourth-order valence-electron chi connectivity index (χ4n) is 3.35. The lowest BCUT2D eigenvalue weighted by Gasteiger charge is -2.31. The van der Waals surface area contributed by atoms with Crippen LogP contribution in [-0.4, -0.2) is 61.5 Å². The molecule has 0 bridgehead atoms. The molecule has 1 aliphatic heterocycles. The van der Waals surface area contributed by atoms with Crippen molar-refractivity contribution >= 4 is 34.2 Å². The molecule has 3 aromatic heterocycles. The van der Waals surface area contributed by atoms with Crippen LogP contribution in [0.25, 0.3) is 5.82 Å². The van der Waals surface area contributed by atoms with Crippen LogP contribution in [0.1, 0.15) is 35.1 Å². The summed E-state index contributed by atoms with van der Waals surface area (Å²) in [6.45, 7) is 5.16. The van der Waals surface area contributed by atoms with Gasteiger partial charge in [-0.2, -0.15) is 5.10 Å². The van der Waals surface area contributed by atoms with E-state index in [9.17, 15) is 9.59 Å². The molecule has 0 radical (unpaired) electrons. The smallest absolute Gasteiger partial charge is 0.350 e. The summed E-state index contributed by atoms with van der Waals surface area (Å²) in [6, 6.07) is 3.72. The molecule has 31 heavy (non-hydrogen) atoms. The summed E-state index contributed by atoms with van der Waals surface area (Å²) in [5.41, 5.74) is 0.557. The van der Waals surface area contributed by atoms with Gasteiger partial charge in [-0.25, -0.2) is 19.4 Å². The molecular formula is C19H22N8O3S. The van der Waals surface area contributed by atoms with Gasteiger partial charge in [-0.15, -0.1) is 10.2 Å². The molecule has 3 aromatic rings. The predicted octanol–water partition coefficient (Wildman–Crippen LogP) is 1.85. The van der Waals surface area contributed by atoms with Crippen LogP contribution in [0.3, 0.4) is 0 Å². The Bertz CT molecular complexity index is 1040. The van der Waals surface area contributed by atoms with Gasteiger partial charge in [0.05, 0.1) is 12.3 Å². The second-order valence-electron chi connectivity index (χ2n) is 6.99. The summed E-state index contributed by atoms with van der Waals surface area (Å²) in [7, 11) is 0. The molecule has 0 spiro atoms. The van der Waals surface area contributed by atoms with Gasteiger partial charge in [-0.1, -0.05) is 11.3 Å². The van der Waals surface area contributed by atoms with E-state index in [2.05, 4.69) is 35.5 Å². The maximum Gasteiger partial charge on any atom is 0.350 e. The van der Waals surface area contributed by atoms with Crippen LogP contribution >= 0.6 is 11.3 Å².